The Morgan fingerprint density at radius 1 is 1.12 bits per heavy atom. The predicted octanol–water partition coefficient (Wildman–Crippen LogP) is 0.734. The van der Waals surface area contributed by atoms with Crippen LogP contribution in [-0.2, 0) is 14.3 Å². The molecule has 1 amide bonds. The second-order valence-corrected chi connectivity index (χ2v) is 9.00. The van der Waals surface area contributed by atoms with E-state index in [0.29, 0.717) is 18.0 Å². The van der Waals surface area contributed by atoms with Crippen molar-refractivity contribution in [2.45, 2.75) is 32.2 Å². The summed E-state index contributed by atoms with van der Waals surface area (Å²) in [4.78, 5) is 33.1. The molecule has 1 atom stereocenters. The number of hydrogen-bond acceptors (Lipinski definition) is 5. The highest BCUT2D eigenvalue weighted by atomic mass is 16.5. The van der Waals surface area contributed by atoms with Gasteiger partial charge in [-0.1, -0.05) is 43.9 Å². The smallest absolute Gasteiger partial charge is 0.295 e. The van der Waals surface area contributed by atoms with Crippen LogP contribution in [0.25, 0.3) is 5.76 Å². The molecule has 2 aromatic rings. The van der Waals surface area contributed by atoms with Gasteiger partial charge in [-0.3, -0.25) is 14.6 Å². The van der Waals surface area contributed by atoms with Crippen LogP contribution >= 0.6 is 0 Å². The number of quaternary nitrogens is 1. The minimum absolute atomic E-state index is 0.0298. The molecule has 0 bridgehead atoms. The molecule has 2 aliphatic heterocycles. The third kappa shape index (κ3) is 4.99. The van der Waals surface area contributed by atoms with Gasteiger partial charge in [-0.15, -0.1) is 0 Å². The Hall–Kier alpha value is -3.03. The molecule has 0 saturated carbocycles. The molecule has 0 radical (unpaired) electrons. The molecule has 7 nitrogen and oxygen atoms in total. The van der Waals surface area contributed by atoms with E-state index in [9.17, 15) is 14.7 Å². The van der Waals surface area contributed by atoms with Gasteiger partial charge in [0.25, 0.3) is 5.91 Å². The van der Waals surface area contributed by atoms with Gasteiger partial charge in [-0.25, -0.2) is 0 Å². The van der Waals surface area contributed by atoms with Gasteiger partial charge >= 0.3 is 0 Å². The molecule has 4 rings (SSSR count). The fourth-order valence-corrected chi connectivity index (χ4v) is 4.58. The minimum Gasteiger partial charge on any atom is -0.872 e. The normalized spacial score (nSPS) is 21.2. The summed E-state index contributed by atoms with van der Waals surface area (Å²) < 4.78 is 5.42. The van der Waals surface area contributed by atoms with Crippen LogP contribution < -0.4 is 10.0 Å². The number of pyridine rings is 1. The zero-order valence-corrected chi connectivity index (χ0v) is 19.3. The van der Waals surface area contributed by atoms with Crippen molar-refractivity contribution in [3.05, 3.63) is 71.1 Å². The molecule has 7 heteroatoms. The Morgan fingerprint density at radius 2 is 1.79 bits per heavy atom. The molecule has 1 aromatic heterocycles. The highest BCUT2D eigenvalue weighted by molar-refractivity contribution is 6.46. The van der Waals surface area contributed by atoms with Crippen molar-refractivity contribution >= 4 is 17.4 Å². The molecule has 1 aromatic carbocycles. The average molecular weight is 450 g/mol. The van der Waals surface area contributed by atoms with Crippen LogP contribution in [-0.4, -0.2) is 61.0 Å². The van der Waals surface area contributed by atoms with E-state index in [1.807, 2.05) is 24.3 Å². The molecule has 33 heavy (non-hydrogen) atoms. The van der Waals surface area contributed by atoms with E-state index in [1.165, 1.54) is 22.9 Å². The van der Waals surface area contributed by atoms with E-state index in [4.69, 9.17) is 4.74 Å². The van der Waals surface area contributed by atoms with Gasteiger partial charge in [-0.2, -0.15) is 0 Å². The van der Waals surface area contributed by atoms with E-state index < -0.39 is 23.5 Å². The molecular weight excluding hydrogens is 418 g/mol. The van der Waals surface area contributed by atoms with Crippen molar-refractivity contribution in [1.29, 1.82) is 0 Å². The van der Waals surface area contributed by atoms with Gasteiger partial charge in [0.1, 0.15) is 13.1 Å². The molecule has 2 saturated heterocycles. The molecule has 174 valence electrons. The number of likely N-dealkylation sites (tertiary alicyclic amines) is 1. The fourth-order valence-electron chi connectivity index (χ4n) is 4.58. The number of aromatic nitrogens is 1. The number of carbonyl (C=O) groups is 2. The van der Waals surface area contributed by atoms with Gasteiger partial charge < -0.3 is 19.6 Å². The quantitative estimate of drug-likeness (QED) is 0.383. The van der Waals surface area contributed by atoms with Gasteiger partial charge in [0, 0.05) is 30.9 Å². The molecule has 0 spiro atoms. The Bertz CT molecular complexity index is 1010. The summed E-state index contributed by atoms with van der Waals surface area (Å²) in [6, 6.07) is 10.4. The Labute approximate surface area is 194 Å². The first-order chi connectivity index (χ1) is 16.0. The molecule has 1 unspecified atom stereocenters. The Morgan fingerprint density at radius 3 is 2.42 bits per heavy atom. The lowest BCUT2D eigenvalue weighted by atomic mass is 9.93. The lowest BCUT2D eigenvalue weighted by molar-refractivity contribution is -0.908. The number of nitrogens with zero attached hydrogens (tertiary/aromatic N) is 2. The van der Waals surface area contributed by atoms with Crippen molar-refractivity contribution in [2.75, 3.05) is 39.4 Å². The molecule has 1 N–H and O–H groups in total. The number of carbonyl (C=O) groups excluding carboxylic acids is 2. The van der Waals surface area contributed by atoms with Crippen molar-refractivity contribution in [3.8, 4) is 0 Å². The van der Waals surface area contributed by atoms with Crippen molar-refractivity contribution in [2.24, 2.45) is 0 Å². The number of ketones is 1. The Balaban J connectivity index is 1.66. The van der Waals surface area contributed by atoms with Crippen LogP contribution in [0.5, 0.6) is 0 Å². The standard InChI is InChI=1S/C26H31N3O4/c1-18(2)19-4-6-20(7-5-19)23-22(24(30)21-8-10-27-11-9-21)25(31)26(32)29(23)13-3-12-28-14-16-33-17-15-28/h4-11,18,23,30H,3,12-17H2,1-2H3. The molecular formula is C26H31N3O4. The molecule has 2 fully saturated rings. The maximum absolute atomic E-state index is 13.3. The van der Waals surface area contributed by atoms with Crippen LogP contribution in [0.2, 0.25) is 0 Å². The summed E-state index contributed by atoms with van der Waals surface area (Å²) in [5.41, 5.74) is 2.35. The summed E-state index contributed by atoms with van der Waals surface area (Å²) >= 11 is 0. The highest BCUT2D eigenvalue weighted by Gasteiger charge is 2.44. The van der Waals surface area contributed by atoms with Crippen molar-refractivity contribution in [1.82, 2.24) is 9.88 Å². The second-order valence-electron chi connectivity index (χ2n) is 9.00. The van der Waals surface area contributed by atoms with E-state index >= 15 is 0 Å². The van der Waals surface area contributed by atoms with Crippen LogP contribution in [0.1, 0.15) is 48.9 Å². The SMILES string of the molecule is CC(C)c1ccc(C2C(=C([O-])c3ccncc3)C(=O)C(=O)N2CCC[NH+]2CCOCC2)cc1. The largest absolute Gasteiger partial charge is 0.872 e. The van der Waals surface area contributed by atoms with Crippen LogP contribution in [0.15, 0.2) is 54.4 Å². The number of ether oxygens (including phenoxy) is 1. The molecule has 2 aliphatic rings. The third-order valence-corrected chi connectivity index (χ3v) is 6.52. The zero-order valence-electron chi connectivity index (χ0n) is 19.3. The van der Waals surface area contributed by atoms with E-state index in [0.717, 1.165) is 44.8 Å². The van der Waals surface area contributed by atoms with Gasteiger partial charge in [0.15, 0.2) is 0 Å². The van der Waals surface area contributed by atoms with E-state index in [2.05, 4.69) is 18.8 Å². The zero-order chi connectivity index (χ0) is 23.4. The number of rotatable bonds is 7. The van der Waals surface area contributed by atoms with Gasteiger partial charge in [0.05, 0.1) is 25.8 Å². The second kappa shape index (κ2) is 10.3. The lowest BCUT2D eigenvalue weighted by Crippen LogP contribution is -3.14. The molecule has 3 heterocycles. The number of morpholine rings is 1. The van der Waals surface area contributed by atoms with E-state index in [1.54, 1.807) is 17.0 Å². The number of Topliss-reactive ketones (excluding diaryl/α,β-unsaturated/α-hetero) is 1. The number of benzene rings is 1. The fraction of sp³-hybridized carbons (Fsp3) is 0.423. The molecule has 0 aliphatic carbocycles. The summed E-state index contributed by atoms with van der Waals surface area (Å²) in [5.74, 6) is -1.34. The van der Waals surface area contributed by atoms with Crippen molar-refractivity contribution in [3.63, 3.8) is 0 Å². The topological polar surface area (TPSA) is 87.0 Å². The maximum atomic E-state index is 13.3. The first kappa shape index (κ1) is 23.1. The highest BCUT2D eigenvalue weighted by Crippen LogP contribution is 2.39. The van der Waals surface area contributed by atoms with Crippen molar-refractivity contribution < 1.29 is 24.3 Å². The monoisotopic (exact) mass is 449 g/mol. The first-order valence-electron chi connectivity index (χ1n) is 11.7. The summed E-state index contributed by atoms with van der Waals surface area (Å²) in [6.07, 6.45) is 3.79. The predicted molar refractivity (Wildman–Crippen MR) is 122 cm³/mol. The first-order valence-corrected chi connectivity index (χ1v) is 11.7. The van der Waals surface area contributed by atoms with Gasteiger partial charge in [0.2, 0.25) is 5.78 Å². The third-order valence-electron chi connectivity index (χ3n) is 6.52. The number of hydrogen-bond donors (Lipinski definition) is 1. The van der Waals surface area contributed by atoms with E-state index in [-0.39, 0.29) is 5.57 Å². The maximum Gasteiger partial charge on any atom is 0.295 e. The van der Waals surface area contributed by atoms with Gasteiger partial charge in [-0.05, 0) is 34.7 Å². The number of amides is 1. The Kier molecular flexibility index (Phi) is 7.20. The lowest BCUT2D eigenvalue weighted by Gasteiger charge is -2.29. The summed E-state index contributed by atoms with van der Waals surface area (Å²) in [5, 5.41) is 13.3. The minimum atomic E-state index is -0.700. The summed E-state index contributed by atoms with van der Waals surface area (Å²) in [6.45, 7) is 8.95. The van der Waals surface area contributed by atoms with Crippen LogP contribution in [0.4, 0.5) is 0 Å². The summed E-state index contributed by atoms with van der Waals surface area (Å²) in [7, 11) is 0. The average Bonchev–Trinajstić information content (AvgIpc) is 3.10. The number of nitrogens with one attached hydrogen (secondary N) is 1. The van der Waals surface area contributed by atoms with Crippen LogP contribution in [0, 0.1) is 0 Å². The van der Waals surface area contributed by atoms with Crippen LogP contribution in [0.3, 0.4) is 0 Å².